The van der Waals surface area contributed by atoms with E-state index in [1.807, 2.05) is 26.1 Å². The molecule has 0 amide bonds. The van der Waals surface area contributed by atoms with E-state index in [1.165, 1.54) is 15.4 Å². The Morgan fingerprint density at radius 1 is 1.25 bits per heavy atom. The highest BCUT2D eigenvalue weighted by molar-refractivity contribution is 7.11. The Kier molecular flexibility index (Phi) is 5.15. The van der Waals surface area contributed by atoms with E-state index in [9.17, 15) is 0 Å². The molecule has 0 aliphatic carbocycles. The summed E-state index contributed by atoms with van der Waals surface area (Å²) in [6, 6.07) is 8.60. The number of nitrogens with one attached hydrogen (secondary N) is 1. The number of hydrogen-bond acceptors (Lipinski definition) is 4. The molecule has 1 heterocycles. The molecule has 3 nitrogen and oxygen atoms in total. The zero-order valence-corrected chi connectivity index (χ0v) is 13.4. The van der Waals surface area contributed by atoms with Gasteiger partial charge in [-0.25, -0.2) is 4.98 Å². The van der Waals surface area contributed by atoms with Crippen LogP contribution in [0.25, 0.3) is 0 Å². The molecule has 0 aliphatic rings. The number of nitrogens with zero attached hydrogens (tertiary/aromatic N) is 1. The molecule has 0 saturated heterocycles. The summed E-state index contributed by atoms with van der Waals surface area (Å²) in [6.45, 7) is 6.90. The number of aromatic nitrogens is 1. The van der Waals surface area contributed by atoms with E-state index in [1.54, 1.807) is 11.3 Å². The first kappa shape index (κ1) is 15.0. The van der Waals surface area contributed by atoms with Crippen LogP contribution in [0.5, 0.6) is 5.75 Å². The van der Waals surface area contributed by atoms with Crippen LogP contribution < -0.4 is 10.1 Å². The highest BCUT2D eigenvalue weighted by Gasteiger charge is 2.13. The predicted molar refractivity (Wildman–Crippen MR) is 84.7 cm³/mol. The predicted octanol–water partition coefficient (Wildman–Crippen LogP) is 3.66. The van der Waals surface area contributed by atoms with Crippen molar-refractivity contribution in [3.05, 3.63) is 45.4 Å². The van der Waals surface area contributed by atoms with Crippen molar-refractivity contribution in [1.29, 1.82) is 0 Å². The van der Waals surface area contributed by atoms with E-state index in [0.717, 1.165) is 17.9 Å². The zero-order chi connectivity index (χ0) is 14.5. The number of benzene rings is 1. The lowest BCUT2D eigenvalue weighted by atomic mass is 10.0. The summed E-state index contributed by atoms with van der Waals surface area (Å²) < 4.78 is 5.48. The summed E-state index contributed by atoms with van der Waals surface area (Å²) >= 11 is 1.79. The Balaban J connectivity index is 2.11. The molecule has 2 rings (SSSR count). The summed E-state index contributed by atoms with van der Waals surface area (Å²) in [5.74, 6) is 0.923. The van der Waals surface area contributed by atoms with Crippen LogP contribution in [0.3, 0.4) is 0 Å². The monoisotopic (exact) mass is 290 g/mol. The smallest absolute Gasteiger partial charge is 0.119 e. The standard InChI is InChI=1S/C16H22N2OS/c1-5-19-14-8-6-13(7-9-14)15(17-4)10-16-18-11(2)12(3)20-16/h6-9,15,17H,5,10H2,1-4H3. The van der Waals surface area contributed by atoms with Gasteiger partial charge >= 0.3 is 0 Å². The molecule has 1 aromatic carbocycles. The average Bonchev–Trinajstić information content (AvgIpc) is 2.76. The third kappa shape index (κ3) is 3.58. The van der Waals surface area contributed by atoms with Gasteiger partial charge in [0.15, 0.2) is 0 Å². The molecule has 2 aromatic rings. The number of likely N-dealkylation sites (N-methyl/N-ethyl adjacent to an activating group) is 1. The molecule has 1 atom stereocenters. The second kappa shape index (κ2) is 6.86. The fraction of sp³-hybridized carbons (Fsp3) is 0.438. The molecule has 1 unspecified atom stereocenters. The van der Waals surface area contributed by atoms with Crippen molar-refractivity contribution in [2.75, 3.05) is 13.7 Å². The van der Waals surface area contributed by atoms with Crippen molar-refractivity contribution in [1.82, 2.24) is 10.3 Å². The van der Waals surface area contributed by atoms with Gasteiger partial charge in [0.1, 0.15) is 5.75 Å². The first-order chi connectivity index (χ1) is 9.63. The molecule has 0 saturated carbocycles. The lowest BCUT2D eigenvalue weighted by molar-refractivity contribution is 0.340. The van der Waals surface area contributed by atoms with Crippen molar-refractivity contribution < 1.29 is 4.74 Å². The van der Waals surface area contributed by atoms with Crippen molar-refractivity contribution in [3.63, 3.8) is 0 Å². The third-order valence-electron chi connectivity index (χ3n) is 3.39. The average molecular weight is 290 g/mol. The minimum atomic E-state index is 0.288. The highest BCUT2D eigenvalue weighted by Crippen LogP contribution is 2.24. The van der Waals surface area contributed by atoms with Gasteiger partial charge in [-0.1, -0.05) is 12.1 Å². The maximum Gasteiger partial charge on any atom is 0.119 e. The Bertz CT molecular complexity index is 529. The van der Waals surface area contributed by atoms with Crippen LogP contribution >= 0.6 is 11.3 Å². The molecular weight excluding hydrogens is 268 g/mol. The second-order valence-corrected chi connectivity index (χ2v) is 6.08. The van der Waals surface area contributed by atoms with Gasteiger partial charge in [0.2, 0.25) is 0 Å². The highest BCUT2D eigenvalue weighted by atomic mass is 32.1. The van der Waals surface area contributed by atoms with E-state index in [0.29, 0.717) is 6.61 Å². The number of thiazole rings is 1. The van der Waals surface area contributed by atoms with Crippen LogP contribution in [0.15, 0.2) is 24.3 Å². The summed E-state index contributed by atoms with van der Waals surface area (Å²) in [7, 11) is 1.99. The van der Waals surface area contributed by atoms with Crippen LogP contribution in [0.1, 0.15) is 34.1 Å². The van der Waals surface area contributed by atoms with Crippen LogP contribution in [0.4, 0.5) is 0 Å². The minimum absolute atomic E-state index is 0.288. The molecule has 0 aliphatic heterocycles. The van der Waals surface area contributed by atoms with Crippen LogP contribution in [-0.2, 0) is 6.42 Å². The summed E-state index contributed by atoms with van der Waals surface area (Å²) in [5, 5.41) is 4.56. The van der Waals surface area contributed by atoms with E-state index in [2.05, 4.69) is 36.3 Å². The fourth-order valence-corrected chi connectivity index (χ4v) is 3.13. The number of hydrogen-bond donors (Lipinski definition) is 1. The molecule has 1 aromatic heterocycles. The van der Waals surface area contributed by atoms with Crippen molar-refractivity contribution in [2.45, 2.75) is 33.2 Å². The fourth-order valence-electron chi connectivity index (χ4n) is 2.15. The van der Waals surface area contributed by atoms with E-state index in [-0.39, 0.29) is 6.04 Å². The lowest BCUT2D eigenvalue weighted by Crippen LogP contribution is -2.18. The molecule has 1 N–H and O–H groups in total. The zero-order valence-electron chi connectivity index (χ0n) is 12.6. The molecule has 20 heavy (non-hydrogen) atoms. The van der Waals surface area contributed by atoms with E-state index in [4.69, 9.17) is 4.74 Å². The number of ether oxygens (including phenoxy) is 1. The third-order valence-corrected chi connectivity index (χ3v) is 4.49. The van der Waals surface area contributed by atoms with Crippen LogP contribution in [0, 0.1) is 13.8 Å². The quantitative estimate of drug-likeness (QED) is 0.881. The second-order valence-electron chi connectivity index (χ2n) is 4.80. The van der Waals surface area contributed by atoms with Gasteiger partial charge in [0.25, 0.3) is 0 Å². The van der Waals surface area contributed by atoms with Gasteiger partial charge in [-0.3, -0.25) is 0 Å². The summed E-state index contributed by atoms with van der Waals surface area (Å²) in [5.41, 5.74) is 2.41. The first-order valence-electron chi connectivity index (χ1n) is 6.97. The Labute approximate surface area is 125 Å². The topological polar surface area (TPSA) is 34.1 Å². The lowest BCUT2D eigenvalue weighted by Gasteiger charge is -2.15. The van der Waals surface area contributed by atoms with Crippen molar-refractivity contribution >= 4 is 11.3 Å². The number of aryl methyl sites for hydroxylation is 2. The van der Waals surface area contributed by atoms with Gasteiger partial charge < -0.3 is 10.1 Å². The van der Waals surface area contributed by atoms with E-state index >= 15 is 0 Å². The Hall–Kier alpha value is -1.39. The normalized spacial score (nSPS) is 12.4. The molecule has 0 bridgehead atoms. The van der Waals surface area contributed by atoms with Gasteiger partial charge in [0.05, 0.1) is 17.3 Å². The molecule has 108 valence electrons. The molecule has 0 radical (unpaired) electrons. The maximum atomic E-state index is 5.48. The van der Waals surface area contributed by atoms with Crippen molar-refractivity contribution in [3.8, 4) is 5.75 Å². The van der Waals surface area contributed by atoms with Gasteiger partial charge in [-0.15, -0.1) is 11.3 Å². The molecule has 0 fully saturated rings. The minimum Gasteiger partial charge on any atom is -0.494 e. The first-order valence-corrected chi connectivity index (χ1v) is 7.78. The largest absolute Gasteiger partial charge is 0.494 e. The molecule has 4 heteroatoms. The Morgan fingerprint density at radius 2 is 1.95 bits per heavy atom. The van der Waals surface area contributed by atoms with E-state index < -0.39 is 0 Å². The van der Waals surface area contributed by atoms with Gasteiger partial charge in [-0.05, 0) is 45.5 Å². The summed E-state index contributed by atoms with van der Waals surface area (Å²) in [4.78, 5) is 5.93. The Morgan fingerprint density at radius 3 is 2.45 bits per heavy atom. The SMILES string of the molecule is CCOc1ccc(C(Cc2nc(C)c(C)s2)NC)cc1. The van der Waals surface area contributed by atoms with Crippen molar-refractivity contribution in [2.24, 2.45) is 0 Å². The van der Waals surface area contributed by atoms with Crippen LogP contribution in [0.2, 0.25) is 0 Å². The van der Waals surface area contributed by atoms with Gasteiger partial charge in [0, 0.05) is 17.3 Å². The summed E-state index contributed by atoms with van der Waals surface area (Å²) in [6.07, 6.45) is 0.920. The molecule has 0 spiro atoms. The maximum absolute atomic E-state index is 5.48. The van der Waals surface area contributed by atoms with Crippen LogP contribution in [-0.4, -0.2) is 18.6 Å². The van der Waals surface area contributed by atoms with Gasteiger partial charge in [-0.2, -0.15) is 0 Å². The number of rotatable bonds is 6. The molecular formula is C16H22N2OS.